The predicted molar refractivity (Wildman–Crippen MR) is 111 cm³/mol. The minimum absolute atomic E-state index is 0.0596. The van der Waals surface area contributed by atoms with Crippen molar-refractivity contribution in [3.8, 4) is 17.0 Å². The molecule has 0 saturated carbocycles. The number of hydrogen-bond acceptors (Lipinski definition) is 3. The smallest absolute Gasteiger partial charge is 0.253 e. The fourth-order valence-corrected chi connectivity index (χ4v) is 3.86. The minimum Gasteiger partial charge on any atom is -0.496 e. The third-order valence-electron chi connectivity index (χ3n) is 5.37. The molecule has 1 atom stereocenters. The van der Waals surface area contributed by atoms with Gasteiger partial charge in [0.2, 0.25) is 0 Å². The number of para-hydroxylation sites is 1. The first-order chi connectivity index (χ1) is 14.2. The predicted octanol–water partition coefficient (Wildman–Crippen LogP) is 4.92. The molecule has 2 heterocycles. The monoisotopic (exact) mass is 390 g/mol. The van der Waals surface area contributed by atoms with Crippen molar-refractivity contribution in [2.75, 3.05) is 20.2 Å². The molecule has 0 radical (unpaired) electrons. The molecule has 4 rings (SSSR count). The molecule has 148 valence electrons. The highest BCUT2D eigenvalue weighted by Crippen LogP contribution is 2.31. The van der Waals surface area contributed by atoms with Crippen LogP contribution in [0.2, 0.25) is 0 Å². The van der Waals surface area contributed by atoms with Crippen LogP contribution < -0.4 is 4.74 Å². The number of methoxy groups -OCH3 is 1. The number of amides is 1. The van der Waals surface area contributed by atoms with Gasteiger partial charge in [-0.05, 0) is 61.4 Å². The summed E-state index contributed by atoms with van der Waals surface area (Å²) in [6, 6.07) is 19.6. The van der Waals surface area contributed by atoms with Gasteiger partial charge in [-0.3, -0.25) is 9.78 Å². The van der Waals surface area contributed by atoms with Gasteiger partial charge in [0.15, 0.2) is 0 Å². The first-order valence-corrected chi connectivity index (χ1v) is 9.81. The second-order valence-corrected chi connectivity index (χ2v) is 7.25. The van der Waals surface area contributed by atoms with Gasteiger partial charge >= 0.3 is 0 Å². The maximum atomic E-state index is 13.2. The zero-order valence-electron chi connectivity index (χ0n) is 16.3. The van der Waals surface area contributed by atoms with E-state index in [1.165, 1.54) is 12.1 Å². The van der Waals surface area contributed by atoms with Crippen molar-refractivity contribution in [2.24, 2.45) is 0 Å². The highest BCUT2D eigenvalue weighted by Gasteiger charge is 2.26. The largest absolute Gasteiger partial charge is 0.496 e. The molecule has 0 N–H and O–H groups in total. The number of likely N-dealkylation sites (tertiary alicyclic amines) is 1. The third kappa shape index (κ3) is 4.14. The number of ether oxygens (including phenoxy) is 1. The van der Waals surface area contributed by atoms with Crippen LogP contribution in [-0.2, 0) is 0 Å². The molecule has 1 aliphatic heterocycles. The molecule has 2 aromatic carbocycles. The van der Waals surface area contributed by atoms with E-state index in [1.54, 1.807) is 19.2 Å². The van der Waals surface area contributed by atoms with Gasteiger partial charge in [-0.1, -0.05) is 18.2 Å². The van der Waals surface area contributed by atoms with Crippen molar-refractivity contribution in [1.82, 2.24) is 9.88 Å². The summed E-state index contributed by atoms with van der Waals surface area (Å²) in [5.74, 6) is 0.558. The number of benzene rings is 2. The molecule has 1 saturated heterocycles. The zero-order chi connectivity index (χ0) is 20.2. The van der Waals surface area contributed by atoms with E-state index in [2.05, 4.69) is 0 Å². The van der Waals surface area contributed by atoms with E-state index in [9.17, 15) is 9.18 Å². The molecule has 0 unspecified atom stereocenters. The molecule has 3 aromatic rings. The summed E-state index contributed by atoms with van der Waals surface area (Å²) in [5, 5.41) is 0. The maximum absolute atomic E-state index is 13.2. The Bertz CT molecular complexity index is 1000. The van der Waals surface area contributed by atoms with E-state index < -0.39 is 0 Å². The zero-order valence-corrected chi connectivity index (χ0v) is 16.3. The second-order valence-electron chi connectivity index (χ2n) is 7.25. The lowest BCUT2D eigenvalue weighted by atomic mass is 9.93. The van der Waals surface area contributed by atoms with Gasteiger partial charge < -0.3 is 9.64 Å². The number of carbonyl (C=O) groups excluding carboxylic acids is 1. The van der Waals surface area contributed by atoms with E-state index >= 15 is 0 Å². The van der Waals surface area contributed by atoms with Gasteiger partial charge in [-0.2, -0.15) is 0 Å². The second kappa shape index (κ2) is 8.43. The third-order valence-corrected chi connectivity index (χ3v) is 5.37. The average molecular weight is 390 g/mol. The summed E-state index contributed by atoms with van der Waals surface area (Å²) in [5.41, 5.74) is 3.31. The standard InChI is InChI=1S/C24H23FN2O2/c1-29-23-10-3-2-7-20(23)22-9-4-8-21(26-22)18-6-5-15-27(16-18)24(28)17-11-13-19(25)14-12-17/h2-4,7-14,18H,5-6,15-16H2,1H3/t18-/m1/s1. The lowest BCUT2D eigenvalue weighted by Crippen LogP contribution is -2.39. The molecule has 5 heteroatoms. The van der Waals surface area contributed by atoms with Crippen LogP contribution >= 0.6 is 0 Å². The highest BCUT2D eigenvalue weighted by molar-refractivity contribution is 5.94. The summed E-state index contributed by atoms with van der Waals surface area (Å²) < 4.78 is 18.6. The van der Waals surface area contributed by atoms with Crippen LogP contribution in [0.4, 0.5) is 4.39 Å². The molecule has 1 amide bonds. The number of nitrogens with zero attached hydrogens (tertiary/aromatic N) is 2. The van der Waals surface area contributed by atoms with Crippen molar-refractivity contribution in [2.45, 2.75) is 18.8 Å². The van der Waals surface area contributed by atoms with E-state index in [0.29, 0.717) is 18.7 Å². The number of carbonyl (C=O) groups is 1. The number of halogens is 1. The van der Waals surface area contributed by atoms with Crippen LogP contribution in [0.3, 0.4) is 0 Å². The van der Waals surface area contributed by atoms with Gasteiger partial charge in [-0.25, -0.2) is 4.39 Å². The van der Waals surface area contributed by atoms with E-state index in [0.717, 1.165) is 35.5 Å². The quantitative estimate of drug-likeness (QED) is 0.635. The Balaban J connectivity index is 1.56. The normalized spacial score (nSPS) is 16.5. The molecular formula is C24H23FN2O2. The molecule has 29 heavy (non-hydrogen) atoms. The molecule has 0 bridgehead atoms. The van der Waals surface area contributed by atoms with Crippen LogP contribution in [-0.4, -0.2) is 36.0 Å². The lowest BCUT2D eigenvalue weighted by Gasteiger charge is -2.32. The van der Waals surface area contributed by atoms with Crippen molar-refractivity contribution in [1.29, 1.82) is 0 Å². The number of pyridine rings is 1. The Kier molecular flexibility index (Phi) is 5.56. The molecule has 0 spiro atoms. The molecule has 4 nitrogen and oxygen atoms in total. The van der Waals surface area contributed by atoms with Crippen LogP contribution in [0.25, 0.3) is 11.3 Å². The Hall–Kier alpha value is -3.21. The summed E-state index contributed by atoms with van der Waals surface area (Å²) in [6.07, 6.45) is 1.90. The van der Waals surface area contributed by atoms with Gasteiger partial charge in [0.1, 0.15) is 11.6 Å². The topological polar surface area (TPSA) is 42.4 Å². The summed E-state index contributed by atoms with van der Waals surface area (Å²) in [7, 11) is 1.66. The Morgan fingerprint density at radius 1 is 1.07 bits per heavy atom. The Morgan fingerprint density at radius 2 is 1.86 bits per heavy atom. The SMILES string of the molecule is COc1ccccc1-c1cccc([C@@H]2CCCN(C(=O)c3ccc(F)cc3)C2)n1. The first kappa shape index (κ1) is 19.1. The minimum atomic E-state index is -0.338. The van der Waals surface area contributed by atoms with Crippen LogP contribution in [0.1, 0.15) is 34.8 Å². The van der Waals surface area contributed by atoms with Crippen LogP contribution in [0.15, 0.2) is 66.7 Å². The van der Waals surface area contributed by atoms with Crippen molar-refractivity contribution < 1.29 is 13.9 Å². The fraction of sp³-hybridized carbons (Fsp3) is 0.250. The molecule has 0 aliphatic carbocycles. The van der Waals surface area contributed by atoms with E-state index in [4.69, 9.17) is 9.72 Å². The van der Waals surface area contributed by atoms with Crippen molar-refractivity contribution in [3.05, 3.63) is 83.8 Å². The van der Waals surface area contributed by atoms with Gasteiger partial charge in [0.25, 0.3) is 5.91 Å². The van der Waals surface area contributed by atoms with E-state index in [-0.39, 0.29) is 17.6 Å². The van der Waals surface area contributed by atoms with Crippen LogP contribution in [0, 0.1) is 5.82 Å². The number of rotatable bonds is 4. The van der Waals surface area contributed by atoms with E-state index in [1.807, 2.05) is 47.4 Å². The number of aromatic nitrogens is 1. The molecule has 1 fully saturated rings. The molecular weight excluding hydrogens is 367 g/mol. The maximum Gasteiger partial charge on any atom is 0.253 e. The first-order valence-electron chi connectivity index (χ1n) is 9.81. The summed E-state index contributed by atoms with van der Waals surface area (Å²) in [4.78, 5) is 19.6. The highest BCUT2D eigenvalue weighted by atomic mass is 19.1. The molecule has 1 aromatic heterocycles. The van der Waals surface area contributed by atoms with Crippen molar-refractivity contribution >= 4 is 5.91 Å². The fourth-order valence-electron chi connectivity index (χ4n) is 3.86. The number of hydrogen-bond donors (Lipinski definition) is 0. The van der Waals surface area contributed by atoms with Gasteiger partial charge in [0.05, 0.1) is 12.8 Å². The van der Waals surface area contributed by atoms with Gasteiger partial charge in [-0.15, -0.1) is 0 Å². The van der Waals surface area contributed by atoms with Gasteiger partial charge in [0, 0.05) is 35.8 Å². The average Bonchev–Trinajstić information content (AvgIpc) is 2.79. The lowest BCUT2D eigenvalue weighted by molar-refractivity contribution is 0.0706. The Morgan fingerprint density at radius 3 is 2.66 bits per heavy atom. The van der Waals surface area contributed by atoms with Crippen LogP contribution in [0.5, 0.6) is 5.75 Å². The summed E-state index contributed by atoms with van der Waals surface area (Å²) >= 11 is 0. The van der Waals surface area contributed by atoms with Crippen molar-refractivity contribution in [3.63, 3.8) is 0 Å². The summed E-state index contributed by atoms with van der Waals surface area (Å²) in [6.45, 7) is 1.32. The Labute approximate surface area is 170 Å². The molecule has 1 aliphatic rings. The number of piperidine rings is 1.